The van der Waals surface area contributed by atoms with E-state index in [1.807, 2.05) is 6.07 Å². The number of hydrogen-bond acceptors (Lipinski definition) is 2. The zero-order valence-corrected chi connectivity index (χ0v) is 13.2. The summed E-state index contributed by atoms with van der Waals surface area (Å²) in [7, 11) is 0. The molecule has 0 bridgehead atoms. The fourth-order valence-corrected chi connectivity index (χ4v) is 1.90. The molecule has 0 aliphatic carbocycles. The van der Waals surface area contributed by atoms with Crippen molar-refractivity contribution in [1.82, 2.24) is 5.32 Å². The van der Waals surface area contributed by atoms with Crippen LogP contribution in [0.15, 0.2) is 35.3 Å². The number of hydrogen-bond donors (Lipinski definition) is 2. The van der Waals surface area contributed by atoms with Crippen molar-refractivity contribution < 1.29 is 4.74 Å². The number of nitrogens with zero attached hydrogens (tertiary/aromatic N) is 1. The average Bonchev–Trinajstić information content (AvgIpc) is 2.51. The van der Waals surface area contributed by atoms with Gasteiger partial charge >= 0.3 is 0 Å². The summed E-state index contributed by atoms with van der Waals surface area (Å²) in [5, 5.41) is 3.11. The molecule has 1 aromatic carbocycles. The zero-order valence-electron chi connectivity index (χ0n) is 13.2. The third-order valence-corrected chi connectivity index (χ3v) is 3.19. The summed E-state index contributed by atoms with van der Waals surface area (Å²) >= 11 is 0. The molecular formula is C17H29N3O. The highest BCUT2D eigenvalue weighted by Crippen LogP contribution is 2.00. The molecule has 0 amide bonds. The summed E-state index contributed by atoms with van der Waals surface area (Å²) in [5.41, 5.74) is 7.08. The van der Waals surface area contributed by atoms with Crippen LogP contribution in [0, 0.1) is 0 Å². The van der Waals surface area contributed by atoms with Crippen LogP contribution in [0.4, 0.5) is 0 Å². The minimum Gasteiger partial charge on any atom is -0.381 e. The molecular weight excluding hydrogens is 262 g/mol. The van der Waals surface area contributed by atoms with E-state index in [0.29, 0.717) is 5.96 Å². The van der Waals surface area contributed by atoms with Gasteiger partial charge in [0.15, 0.2) is 5.96 Å². The first-order chi connectivity index (χ1) is 10.3. The molecule has 0 atom stereocenters. The minimum atomic E-state index is 0.563. The van der Waals surface area contributed by atoms with Crippen LogP contribution >= 0.6 is 0 Å². The van der Waals surface area contributed by atoms with Crippen LogP contribution in [0.25, 0.3) is 0 Å². The van der Waals surface area contributed by atoms with Crippen molar-refractivity contribution in [2.24, 2.45) is 10.7 Å². The van der Waals surface area contributed by atoms with Gasteiger partial charge in [0.05, 0.1) is 6.61 Å². The highest BCUT2D eigenvalue weighted by Gasteiger charge is 1.94. The maximum Gasteiger partial charge on any atom is 0.188 e. The first-order valence-electron chi connectivity index (χ1n) is 7.98. The Morgan fingerprint density at radius 3 is 2.71 bits per heavy atom. The van der Waals surface area contributed by atoms with E-state index < -0.39 is 0 Å². The van der Waals surface area contributed by atoms with Gasteiger partial charge in [-0.25, -0.2) is 0 Å². The van der Waals surface area contributed by atoms with Gasteiger partial charge in [-0.15, -0.1) is 0 Å². The number of aliphatic imine (C=N–C) groups is 1. The van der Waals surface area contributed by atoms with Crippen molar-refractivity contribution in [1.29, 1.82) is 0 Å². The van der Waals surface area contributed by atoms with Crippen LogP contribution in [0.5, 0.6) is 0 Å². The molecule has 118 valence electrons. The Labute approximate surface area is 128 Å². The molecule has 3 N–H and O–H groups in total. The molecule has 21 heavy (non-hydrogen) atoms. The molecule has 0 saturated heterocycles. The Kier molecular flexibility index (Phi) is 10.2. The topological polar surface area (TPSA) is 59.6 Å². The number of rotatable bonds is 11. The molecule has 1 aromatic rings. The van der Waals surface area contributed by atoms with Crippen molar-refractivity contribution in [2.45, 2.75) is 39.0 Å². The largest absolute Gasteiger partial charge is 0.381 e. The van der Waals surface area contributed by atoms with Crippen molar-refractivity contribution in [3.8, 4) is 0 Å². The van der Waals surface area contributed by atoms with E-state index in [1.165, 1.54) is 12.0 Å². The lowest BCUT2D eigenvalue weighted by molar-refractivity contribution is 0.134. The molecule has 0 spiro atoms. The second-order valence-corrected chi connectivity index (χ2v) is 5.10. The molecule has 0 aliphatic heterocycles. The SMILES string of the molecule is CCCCNC(N)=NCCCCOCCc1ccccc1. The fourth-order valence-electron chi connectivity index (χ4n) is 1.90. The summed E-state index contributed by atoms with van der Waals surface area (Å²) < 4.78 is 5.63. The van der Waals surface area contributed by atoms with Gasteiger partial charge in [0, 0.05) is 19.7 Å². The van der Waals surface area contributed by atoms with Crippen molar-refractivity contribution in [3.63, 3.8) is 0 Å². The first-order valence-corrected chi connectivity index (χ1v) is 7.98. The Morgan fingerprint density at radius 2 is 1.95 bits per heavy atom. The second-order valence-electron chi connectivity index (χ2n) is 5.10. The average molecular weight is 291 g/mol. The van der Waals surface area contributed by atoms with Crippen LogP contribution in [0.2, 0.25) is 0 Å². The van der Waals surface area contributed by atoms with Crippen LogP contribution < -0.4 is 11.1 Å². The Bertz CT molecular complexity index is 379. The number of guanidine groups is 1. The normalized spacial score (nSPS) is 11.6. The van der Waals surface area contributed by atoms with Crippen LogP contribution in [-0.2, 0) is 11.2 Å². The summed E-state index contributed by atoms with van der Waals surface area (Å²) in [6, 6.07) is 10.4. The highest BCUT2D eigenvalue weighted by atomic mass is 16.5. The van der Waals surface area contributed by atoms with E-state index in [2.05, 4.69) is 41.5 Å². The molecule has 0 fully saturated rings. The summed E-state index contributed by atoms with van der Waals surface area (Å²) in [6.07, 6.45) is 5.32. The van der Waals surface area contributed by atoms with Gasteiger partial charge in [-0.3, -0.25) is 4.99 Å². The number of unbranched alkanes of at least 4 members (excludes halogenated alkanes) is 2. The predicted octanol–water partition coefficient (Wildman–Crippen LogP) is 2.73. The molecule has 0 saturated carbocycles. The Hall–Kier alpha value is -1.55. The molecule has 0 aliphatic rings. The maximum atomic E-state index is 5.75. The number of nitrogens with one attached hydrogen (secondary N) is 1. The van der Waals surface area contributed by atoms with Gasteiger partial charge in [-0.1, -0.05) is 43.7 Å². The minimum absolute atomic E-state index is 0.563. The Balaban J connectivity index is 1.91. The predicted molar refractivity (Wildman–Crippen MR) is 89.6 cm³/mol. The summed E-state index contributed by atoms with van der Waals surface area (Å²) in [5.74, 6) is 0.563. The molecule has 4 heteroatoms. The van der Waals surface area contributed by atoms with Gasteiger partial charge in [0.1, 0.15) is 0 Å². The van der Waals surface area contributed by atoms with Crippen molar-refractivity contribution in [3.05, 3.63) is 35.9 Å². The quantitative estimate of drug-likeness (QED) is 0.374. The molecule has 0 aromatic heterocycles. The lowest BCUT2D eigenvalue weighted by Crippen LogP contribution is -2.32. The zero-order chi connectivity index (χ0) is 15.2. The monoisotopic (exact) mass is 291 g/mol. The molecule has 0 heterocycles. The first kappa shape index (κ1) is 17.5. The molecule has 0 unspecified atom stereocenters. The molecule has 0 radical (unpaired) electrons. The molecule has 1 rings (SSSR count). The fraction of sp³-hybridized carbons (Fsp3) is 0.588. The second kappa shape index (κ2) is 12.2. The van der Waals surface area contributed by atoms with E-state index in [0.717, 1.165) is 52.0 Å². The maximum absolute atomic E-state index is 5.75. The van der Waals surface area contributed by atoms with Gasteiger partial charge in [-0.05, 0) is 31.2 Å². The van der Waals surface area contributed by atoms with E-state index in [-0.39, 0.29) is 0 Å². The van der Waals surface area contributed by atoms with Crippen LogP contribution in [-0.4, -0.2) is 32.3 Å². The number of nitrogens with two attached hydrogens (primary N) is 1. The third kappa shape index (κ3) is 9.91. The van der Waals surface area contributed by atoms with E-state index in [4.69, 9.17) is 10.5 Å². The van der Waals surface area contributed by atoms with Crippen LogP contribution in [0.1, 0.15) is 38.2 Å². The van der Waals surface area contributed by atoms with E-state index in [1.54, 1.807) is 0 Å². The van der Waals surface area contributed by atoms with Crippen molar-refractivity contribution in [2.75, 3.05) is 26.3 Å². The standard InChI is InChI=1S/C17H29N3O/c1-2-3-12-19-17(18)20-13-7-8-14-21-15-11-16-9-5-4-6-10-16/h4-6,9-10H,2-3,7-8,11-15H2,1H3,(H3,18,19,20). The van der Waals surface area contributed by atoms with Gasteiger partial charge in [-0.2, -0.15) is 0 Å². The van der Waals surface area contributed by atoms with Crippen molar-refractivity contribution >= 4 is 5.96 Å². The van der Waals surface area contributed by atoms with Crippen LogP contribution in [0.3, 0.4) is 0 Å². The summed E-state index contributed by atoms with van der Waals surface area (Å²) in [6.45, 7) is 5.42. The van der Waals surface area contributed by atoms with Gasteiger partial charge in [0.25, 0.3) is 0 Å². The van der Waals surface area contributed by atoms with Gasteiger partial charge in [0.2, 0.25) is 0 Å². The lowest BCUT2D eigenvalue weighted by atomic mass is 10.2. The van der Waals surface area contributed by atoms with E-state index >= 15 is 0 Å². The lowest BCUT2D eigenvalue weighted by Gasteiger charge is -2.05. The number of ether oxygens (including phenoxy) is 1. The number of benzene rings is 1. The molecule has 4 nitrogen and oxygen atoms in total. The van der Waals surface area contributed by atoms with Gasteiger partial charge < -0.3 is 15.8 Å². The highest BCUT2D eigenvalue weighted by molar-refractivity contribution is 5.77. The third-order valence-electron chi connectivity index (χ3n) is 3.19. The van der Waals surface area contributed by atoms with E-state index in [9.17, 15) is 0 Å². The Morgan fingerprint density at radius 1 is 1.14 bits per heavy atom. The summed E-state index contributed by atoms with van der Waals surface area (Å²) in [4.78, 5) is 4.29. The smallest absolute Gasteiger partial charge is 0.188 e.